The summed E-state index contributed by atoms with van der Waals surface area (Å²) in [6.45, 7) is -0.126. The molecule has 0 atom stereocenters. The Morgan fingerprint density at radius 1 is 1.00 bits per heavy atom. The Bertz CT molecular complexity index is 1180. The molecule has 8 nitrogen and oxygen atoms in total. The van der Waals surface area contributed by atoms with E-state index in [1.807, 2.05) is 24.3 Å². The van der Waals surface area contributed by atoms with Crippen molar-refractivity contribution in [1.29, 1.82) is 0 Å². The zero-order valence-electron chi connectivity index (χ0n) is 15.3. The molecule has 3 aromatic rings. The number of carboxylic acids is 1. The maximum Gasteiger partial charge on any atom is 0.303 e. The average molecular weight is 414 g/mol. The van der Waals surface area contributed by atoms with Crippen molar-refractivity contribution in [3.8, 4) is 0 Å². The lowest BCUT2D eigenvalue weighted by Crippen LogP contribution is -2.32. The minimum absolute atomic E-state index is 0.0576. The smallest absolute Gasteiger partial charge is 0.303 e. The Kier molecular flexibility index (Phi) is 5.79. The maximum atomic E-state index is 13.3. The molecule has 0 aliphatic heterocycles. The Hall–Kier alpha value is -3.46. The van der Waals surface area contributed by atoms with Crippen molar-refractivity contribution < 1.29 is 23.2 Å². The highest BCUT2D eigenvalue weighted by Crippen LogP contribution is 2.31. The maximum absolute atomic E-state index is 13.3. The molecule has 0 spiro atoms. The third-order valence-electron chi connectivity index (χ3n) is 4.40. The van der Waals surface area contributed by atoms with Crippen molar-refractivity contribution in [2.75, 3.05) is 10.8 Å². The van der Waals surface area contributed by atoms with Crippen molar-refractivity contribution in [3.05, 3.63) is 76.8 Å². The Balaban J connectivity index is 2.11. The molecule has 29 heavy (non-hydrogen) atoms. The van der Waals surface area contributed by atoms with Crippen molar-refractivity contribution in [1.82, 2.24) is 0 Å². The van der Waals surface area contributed by atoms with Gasteiger partial charge in [-0.25, -0.2) is 8.42 Å². The highest BCUT2D eigenvalue weighted by molar-refractivity contribution is 7.93. The quantitative estimate of drug-likeness (QED) is 0.442. The molecular weight excluding hydrogens is 396 g/mol. The van der Waals surface area contributed by atoms with E-state index in [4.69, 9.17) is 5.11 Å². The Morgan fingerprint density at radius 3 is 2.34 bits per heavy atom. The van der Waals surface area contributed by atoms with Crippen molar-refractivity contribution in [2.24, 2.45) is 0 Å². The zero-order valence-corrected chi connectivity index (χ0v) is 16.1. The molecule has 0 unspecified atom stereocenters. The van der Waals surface area contributed by atoms with E-state index in [0.29, 0.717) is 5.69 Å². The van der Waals surface area contributed by atoms with E-state index in [1.165, 1.54) is 18.2 Å². The third-order valence-corrected chi connectivity index (χ3v) is 6.28. The normalized spacial score (nSPS) is 11.3. The first kappa shape index (κ1) is 20.3. The van der Waals surface area contributed by atoms with Crippen LogP contribution in [0.4, 0.5) is 11.4 Å². The highest BCUT2D eigenvalue weighted by atomic mass is 32.2. The molecule has 150 valence electrons. The SMILES string of the molecule is O=C(O)CCCN(c1ccc2ccccc2c1)S(=O)(=O)c1ccccc1[N+](=O)[O-]. The van der Waals surface area contributed by atoms with Crippen LogP contribution in [-0.4, -0.2) is 31.0 Å². The number of aliphatic carboxylic acids is 1. The fourth-order valence-electron chi connectivity index (χ4n) is 3.04. The monoisotopic (exact) mass is 414 g/mol. The zero-order chi connectivity index (χ0) is 21.0. The van der Waals surface area contributed by atoms with Crippen LogP contribution >= 0.6 is 0 Å². The first-order chi connectivity index (χ1) is 13.8. The number of carboxylic acid groups (broad SMARTS) is 1. The highest BCUT2D eigenvalue weighted by Gasteiger charge is 2.31. The molecule has 9 heteroatoms. The summed E-state index contributed by atoms with van der Waals surface area (Å²) in [4.78, 5) is 21.1. The molecule has 0 fully saturated rings. The molecular formula is C20H18N2O6S. The molecule has 3 aromatic carbocycles. The number of fused-ring (bicyclic) bond motifs is 1. The van der Waals surface area contributed by atoms with Crippen molar-refractivity contribution >= 4 is 38.1 Å². The van der Waals surface area contributed by atoms with Crippen LogP contribution in [0, 0.1) is 10.1 Å². The number of anilines is 1. The van der Waals surface area contributed by atoms with Gasteiger partial charge < -0.3 is 5.11 Å². The summed E-state index contributed by atoms with van der Waals surface area (Å²) in [5.41, 5.74) is -0.219. The van der Waals surface area contributed by atoms with Crippen LogP contribution in [0.15, 0.2) is 71.6 Å². The molecule has 0 bridgehead atoms. The second-order valence-electron chi connectivity index (χ2n) is 6.33. The number of nitro groups is 1. The van der Waals surface area contributed by atoms with Gasteiger partial charge in [-0.05, 0) is 35.4 Å². The first-order valence-corrected chi connectivity index (χ1v) is 10.2. The summed E-state index contributed by atoms with van der Waals surface area (Å²) in [5, 5.41) is 22.0. The van der Waals surface area contributed by atoms with Gasteiger partial charge in [-0.2, -0.15) is 0 Å². The number of benzene rings is 3. The number of hydrogen-bond donors (Lipinski definition) is 1. The van der Waals surface area contributed by atoms with Gasteiger partial charge in [-0.15, -0.1) is 0 Å². The number of nitro benzene ring substituents is 1. The fourth-order valence-corrected chi connectivity index (χ4v) is 4.69. The van der Waals surface area contributed by atoms with Crippen LogP contribution in [0.2, 0.25) is 0 Å². The van der Waals surface area contributed by atoms with Gasteiger partial charge in [-0.3, -0.25) is 19.2 Å². The molecule has 0 radical (unpaired) electrons. The number of para-hydroxylation sites is 1. The van der Waals surface area contributed by atoms with Crippen LogP contribution in [-0.2, 0) is 14.8 Å². The van der Waals surface area contributed by atoms with Gasteiger partial charge in [0.15, 0.2) is 4.90 Å². The lowest BCUT2D eigenvalue weighted by atomic mass is 10.1. The van der Waals surface area contributed by atoms with Crippen LogP contribution in [0.3, 0.4) is 0 Å². The van der Waals surface area contributed by atoms with E-state index in [1.54, 1.807) is 18.2 Å². The van der Waals surface area contributed by atoms with E-state index >= 15 is 0 Å². The van der Waals surface area contributed by atoms with Gasteiger partial charge in [0, 0.05) is 19.0 Å². The van der Waals surface area contributed by atoms with Crippen LogP contribution in [0.25, 0.3) is 10.8 Å². The molecule has 0 amide bonds. The summed E-state index contributed by atoms with van der Waals surface area (Å²) in [7, 11) is -4.30. The number of hydrogen-bond acceptors (Lipinski definition) is 5. The van der Waals surface area contributed by atoms with E-state index in [9.17, 15) is 23.3 Å². The minimum atomic E-state index is -4.30. The third kappa shape index (κ3) is 4.35. The second kappa shape index (κ2) is 8.27. The lowest BCUT2D eigenvalue weighted by molar-refractivity contribution is -0.387. The summed E-state index contributed by atoms with van der Waals surface area (Å²) in [5.74, 6) is -1.05. The lowest BCUT2D eigenvalue weighted by Gasteiger charge is -2.24. The van der Waals surface area contributed by atoms with Gasteiger partial charge in [0.05, 0.1) is 10.6 Å². The molecule has 0 aliphatic carbocycles. The summed E-state index contributed by atoms with van der Waals surface area (Å²) in [6, 6.07) is 17.5. The van der Waals surface area contributed by atoms with Gasteiger partial charge in [0.1, 0.15) is 0 Å². The van der Waals surface area contributed by atoms with E-state index in [0.717, 1.165) is 21.1 Å². The molecule has 0 aromatic heterocycles. The topological polar surface area (TPSA) is 118 Å². The second-order valence-corrected chi connectivity index (χ2v) is 8.16. The standard InChI is InChI=1S/C20H18N2O6S/c23-20(24)10-5-13-21(17-12-11-15-6-1-2-7-16(15)14-17)29(27,28)19-9-4-3-8-18(19)22(25)26/h1-4,6-9,11-12,14H,5,10,13H2,(H,23,24). The number of nitrogens with zero attached hydrogens (tertiary/aromatic N) is 2. The predicted octanol–water partition coefficient (Wildman–Crippen LogP) is 3.81. The summed E-state index contributed by atoms with van der Waals surface area (Å²) >= 11 is 0. The van der Waals surface area contributed by atoms with Gasteiger partial charge in [-0.1, -0.05) is 42.5 Å². The van der Waals surface area contributed by atoms with Crippen molar-refractivity contribution in [3.63, 3.8) is 0 Å². The van der Waals surface area contributed by atoms with Gasteiger partial charge in [0.25, 0.3) is 15.7 Å². The molecule has 0 heterocycles. The molecule has 3 rings (SSSR count). The summed E-state index contributed by atoms with van der Waals surface area (Å²) in [6.07, 6.45) is -0.168. The molecule has 1 N–H and O–H groups in total. The number of rotatable bonds is 8. The van der Waals surface area contributed by atoms with Gasteiger partial charge in [0.2, 0.25) is 0 Å². The molecule has 0 aliphatic rings. The predicted molar refractivity (Wildman–Crippen MR) is 108 cm³/mol. The van der Waals surface area contributed by atoms with Crippen LogP contribution in [0.5, 0.6) is 0 Å². The Morgan fingerprint density at radius 2 is 1.66 bits per heavy atom. The van der Waals surface area contributed by atoms with E-state index < -0.39 is 31.5 Å². The molecule has 0 saturated heterocycles. The van der Waals surface area contributed by atoms with E-state index in [2.05, 4.69) is 0 Å². The van der Waals surface area contributed by atoms with Crippen molar-refractivity contribution in [2.45, 2.75) is 17.7 Å². The summed E-state index contributed by atoms with van der Waals surface area (Å²) < 4.78 is 27.7. The fraction of sp³-hybridized carbons (Fsp3) is 0.150. The number of carbonyl (C=O) groups is 1. The largest absolute Gasteiger partial charge is 0.481 e. The van der Waals surface area contributed by atoms with Crippen LogP contribution in [0.1, 0.15) is 12.8 Å². The van der Waals surface area contributed by atoms with Crippen LogP contribution < -0.4 is 4.31 Å². The molecule has 0 saturated carbocycles. The van der Waals surface area contributed by atoms with Gasteiger partial charge >= 0.3 is 5.97 Å². The Labute approximate surface area is 167 Å². The average Bonchev–Trinajstić information content (AvgIpc) is 2.70. The van der Waals surface area contributed by atoms with E-state index in [-0.39, 0.29) is 19.4 Å². The number of sulfonamides is 1. The minimum Gasteiger partial charge on any atom is -0.481 e. The first-order valence-electron chi connectivity index (χ1n) is 8.77.